The summed E-state index contributed by atoms with van der Waals surface area (Å²) in [6.45, 7) is 4.16. The molecule has 0 unspecified atom stereocenters. The van der Waals surface area contributed by atoms with Crippen molar-refractivity contribution in [3.8, 4) is 0 Å². The van der Waals surface area contributed by atoms with Crippen LogP contribution in [0.4, 0.5) is 0 Å². The minimum atomic E-state index is 0.226. The Balaban J connectivity index is 1.93. The highest BCUT2D eigenvalue weighted by atomic mass is 16.1. The second-order valence-electron chi connectivity index (χ2n) is 6.23. The largest absolute Gasteiger partial charge is 0.352 e. The Hall–Kier alpha value is -1.57. The van der Waals surface area contributed by atoms with Gasteiger partial charge in [0.15, 0.2) is 5.78 Å². The Kier molecular flexibility index (Phi) is 3.17. The summed E-state index contributed by atoms with van der Waals surface area (Å²) in [6, 6.07) is 8.41. The lowest BCUT2D eigenvalue weighted by Gasteiger charge is -2.01. The number of Topliss-reactive ketones (excluding diaryl/α,β-unsaturated/α-hetero) is 1. The van der Waals surface area contributed by atoms with E-state index in [4.69, 9.17) is 0 Å². The van der Waals surface area contributed by atoms with Gasteiger partial charge in [-0.05, 0) is 48.8 Å². The van der Waals surface area contributed by atoms with Gasteiger partial charge in [0.05, 0.1) is 5.69 Å². The number of hydrogen-bond donors (Lipinski definition) is 1. The van der Waals surface area contributed by atoms with Gasteiger partial charge in [-0.25, -0.2) is 0 Å². The van der Waals surface area contributed by atoms with Crippen LogP contribution < -0.4 is 0 Å². The van der Waals surface area contributed by atoms with Gasteiger partial charge in [-0.2, -0.15) is 0 Å². The molecule has 0 bridgehead atoms. The maximum atomic E-state index is 12.1. The van der Waals surface area contributed by atoms with E-state index in [0.717, 1.165) is 23.5 Å². The smallest absolute Gasteiger partial charge is 0.179 e. The Morgan fingerprint density at radius 2 is 2.16 bits per heavy atom. The third-order valence-electron chi connectivity index (χ3n) is 3.85. The molecule has 1 aliphatic rings. The lowest BCUT2D eigenvalue weighted by Crippen LogP contribution is -2.03. The summed E-state index contributed by atoms with van der Waals surface area (Å²) in [6.07, 6.45) is 4.50. The average molecular weight is 255 g/mol. The van der Waals surface area contributed by atoms with Crippen molar-refractivity contribution in [3.05, 3.63) is 35.5 Å². The second kappa shape index (κ2) is 4.84. The number of ketones is 1. The Bertz CT molecular complexity index is 605. The molecule has 0 saturated heterocycles. The normalized spacial score (nSPS) is 15.3. The summed E-state index contributed by atoms with van der Waals surface area (Å²) >= 11 is 0. The highest BCUT2D eigenvalue weighted by molar-refractivity contribution is 6.00. The summed E-state index contributed by atoms with van der Waals surface area (Å²) in [5.74, 6) is 1.50. The number of H-pyrrole nitrogens is 1. The quantitative estimate of drug-likeness (QED) is 0.792. The fourth-order valence-corrected chi connectivity index (χ4v) is 2.66. The Morgan fingerprint density at radius 1 is 1.37 bits per heavy atom. The van der Waals surface area contributed by atoms with E-state index < -0.39 is 0 Å². The lowest BCUT2D eigenvalue weighted by molar-refractivity contribution is 0.0964. The number of hydrogen-bond acceptors (Lipinski definition) is 1. The van der Waals surface area contributed by atoms with Gasteiger partial charge in [0, 0.05) is 17.3 Å². The van der Waals surface area contributed by atoms with E-state index >= 15 is 0 Å². The maximum Gasteiger partial charge on any atom is 0.179 e. The number of aromatic amines is 1. The average Bonchev–Trinajstić information content (AvgIpc) is 3.05. The molecule has 1 heterocycles. The summed E-state index contributed by atoms with van der Waals surface area (Å²) in [4.78, 5) is 15.4. The molecule has 2 aromatic rings. The zero-order valence-electron chi connectivity index (χ0n) is 11.7. The third kappa shape index (κ3) is 2.73. The van der Waals surface area contributed by atoms with Crippen LogP contribution in [0.1, 0.15) is 49.2 Å². The van der Waals surface area contributed by atoms with Gasteiger partial charge in [-0.3, -0.25) is 4.79 Å². The molecule has 1 saturated carbocycles. The van der Waals surface area contributed by atoms with Crippen LogP contribution in [-0.4, -0.2) is 10.8 Å². The molecule has 2 nitrogen and oxygen atoms in total. The predicted molar refractivity (Wildman–Crippen MR) is 78.5 cm³/mol. The van der Waals surface area contributed by atoms with Gasteiger partial charge in [0.2, 0.25) is 0 Å². The van der Waals surface area contributed by atoms with Crippen molar-refractivity contribution >= 4 is 16.7 Å². The first-order valence-electron chi connectivity index (χ1n) is 7.27. The van der Waals surface area contributed by atoms with Crippen molar-refractivity contribution in [1.82, 2.24) is 4.98 Å². The monoisotopic (exact) mass is 255 g/mol. The molecule has 0 radical (unpaired) electrons. The molecule has 1 N–H and O–H groups in total. The lowest BCUT2D eigenvalue weighted by atomic mass is 10.0. The predicted octanol–water partition coefficient (Wildman–Crippen LogP) is 4.35. The van der Waals surface area contributed by atoms with E-state index in [-0.39, 0.29) is 5.78 Å². The molecule has 1 aliphatic carbocycles. The van der Waals surface area contributed by atoms with Crippen molar-refractivity contribution in [2.75, 3.05) is 0 Å². The van der Waals surface area contributed by atoms with Crippen LogP contribution in [0.3, 0.4) is 0 Å². The summed E-state index contributed by atoms with van der Waals surface area (Å²) in [5.41, 5.74) is 3.26. The van der Waals surface area contributed by atoms with Crippen molar-refractivity contribution in [1.29, 1.82) is 0 Å². The van der Waals surface area contributed by atoms with Crippen LogP contribution in [0.2, 0.25) is 0 Å². The van der Waals surface area contributed by atoms with Crippen molar-refractivity contribution in [3.63, 3.8) is 0 Å². The first-order chi connectivity index (χ1) is 9.13. The van der Waals surface area contributed by atoms with Crippen LogP contribution in [0, 0.1) is 11.8 Å². The van der Waals surface area contributed by atoms with Crippen LogP contribution in [0.15, 0.2) is 24.3 Å². The first kappa shape index (κ1) is 12.5. The van der Waals surface area contributed by atoms with Crippen LogP contribution in [0.5, 0.6) is 0 Å². The fourth-order valence-electron chi connectivity index (χ4n) is 2.66. The molecule has 0 atom stereocenters. The molecule has 1 fully saturated rings. The van der Waals surface area contributed by atoms with E-state index in [0.29, 0.717) is 12.3 Å². The van der Waals surface area contributed by atoms with E-state index in [2.05, 4.69) is 43.1 Å². The number of benzene rings is 1. The number of fused-ring (bicyclic) bond motifs is 1. The molecule has 1 aromatic heterocycles. The van der Waals surface area contributed by atoms with Gasteiger partial charge >= 0.3 is 0 Å². The minimum absolute atomic E-state index is 0.226. The molecular weight excluding hydrogens is 234 g/mol. The van der Waals surface area contributed by atoms with Crippen molar-refractivity contribution in [2.24, 2.45) is 11.8 Å². The Labute approximate surface area is 114 Å². The van der Waals surface area contributed by atoms with Crippen LogP contribution in [-0.2, 0) is 6.42 Å². The van der Waals surface area contributed by atoms with Crippen LogP contribution >= 0.6 is 0 Å². The molecule has 1 aromatic carbocycles. The molecular formula is C17H21NO. The standard InChI is InChI=1S/C17H21NO/c1-11(2)8-17(19)16-10-14-13(9-12-6-7-12)4-3-5-15(14)18-16/h3-5,10-12,18H,6-9H2,1-2H3. The molecule has 2 heteroatoms. The molecule has 0 spiro atoms. The number of carbonyl (C=O) groups is 1. The maximum absolute atomic E-state index is 12.1. The van der Waals surface area contributed by atoms with Crippen LogP contribution in [0.25, 0.3) is 10.9 Å². The van der Waals surface area contributed by atoms with Crippen molar-refractivity contribution < 1.29 is 4.79 Å². The summed E-state index contributed by atoms with van der Waals surface area (Å²) in [5, 5.41) is 1.24. The van der Waals surface area contributed by atoms with Gasteiger partial charge in [-0.15, -0.1) is 0 Å². The zero-order valence-corrected chi connectivity index (χ0v) is 11.7. The third-order valence-corrected chi connectivity index (χ3v) is 3.85. The Morgan fingerprint density at radius 3 is 2.84 bits per heavy atom. The number of rotatable bonds is 5. The summed E-state index contributed by atoms with van der Waals surface area (Å²) in [7, 11) is 0. The number of nitrogens with one attached hydrogen (secondary N) is 1. The number of carbonyl (C=O) groups excluding carboxylic acids is 1. The minimum Gasteiger partial charge on any atom is -0.352 e. The number of aromatic nitrogens is 1. The van der Waals surface area contributed by atoms with Gasteiger partial charge < -0.3 is 4.98 Å². The first-order valence-corrected chi connectivity index (χ1v) is 7.27. The molecule has 3 rings (SSSR count). The SMILES string of the molecule is CC(C)CC(=O)c1cc2c(CC3CC3)cccc2[nH]1. The highest BCUT2D eigenvalue weighted by Gasteiger charge is 2.22. The molecule has 100 valence electrons. The zero-order chi connectivity index (χ0) is 13.4. The highest BCUT2D eigenvalue weighted by Crippen LogP contribution is 2.34. The van der Waals surface area contributed by atoms with E-state index in [1.807, 2.05) is 0 Å². The van der Waals surface area contributed by atoms with Gasteiger partial charge in [0.25, 0.3) is 0 Å². The fraction of sp³-hybridized carbons (Fsp3) is 0.471. The topological polar surface area (TPSA) is 32.9 Å². The van der Waals surface area contributed by atoms with Gasteiger partial charge in [0.1, 0.15) is 0 Å². The van der Waals surface area contributed by atoms with E-state index in [1.165, 1.54) is 23.8 Å². The second-order valence-corrected chi connectivity index (χ2v) is 6.23. The summed E-state index contributed by atoms with van der Waals surface area (Å²) < 4.78 is 0. The van der Waals surface area contributed by atoms with Crippen molar-refractivity contribution in [2.45, 2.75) is 39.5 Å². The molecule has 0 aliphatic heterocycles. The van der Waals surface area contributed by atoms with E-state index in [9.17, 15) is 4.79 Å². The molecule has 19 heavy (non-hydrogen) atoms. The van der Waals surface area contributed by atoms with Gasteiger partial charge in [-0.1, -0.05) is 26.0 Å². The molecule has 0 amide bonds. The van der Waals surface area contributed by atoms with E-state index in [1.54, 1.807) is 0 Å².